The Bertz CT molecular complexity index is 830. The third kappa shape index (κ3) is 3.24. The molecular weight excluding hydrogens is 325 g/mol. The second kappa shape index (κ2) is 6.62. The minimum Gasteiger partial charge on any atom is -0.326 e. The monoisotopic (exact) mass is 345 g/mol. The summed E-state index contributed by atoms with van der Waals surface area (Å²) in [5, 5.41) is 9.42. The number of hydrogen-bond acceptors (Lipinski definition) is 4. The normalized spacial score (nSPS) is 16.5. The van der Waals surface area contributed by atoms with Crippen LogP contribution in [-0.4, -0.2) is 26.6 Å². The number of carbonyl (C=O) groups is 2. The first-order valence-corrected chi connectivity index (χ1v) is 8.22. The van der Waals surface area contributed by atoms with Crippen LogP contribution in [-0.2, 0) is 16.1 Å². The Morgan fingerprint density at radius 3 is 2.92 bits per heavy atom. The van der Waals surface area contributed by atoms with Crippen LogP contribution in [0.25, 0.3) is 0 Å². The number of carbonyl (C=O) groups excluding carboxylic acids is 2. The number of anilines is 2. The van der Waals surface area contributed by atoms with Gasteiger partial charge < -0.3 is 10.6 Å². The van der Waals surface area contributed by atoms with Gasteiger partial charge in [-0.05, 0) is 24.6 Å². The fourth-order valence-electron chi connectivity index (χ4n) is 2.87. The highest BCUT2D eigenvalue weighted by molar-refractivity contribution is 5.97. The molecule has 0 saturated carbocycles. The third-order valence-electron chi connectivity index (χ3n) is 4.22. The van der Waals surface area contributed by atoms with Crippen molar-refractivity contribution in [2.75, 3.05) is 10.6 Å². The van der Waals surface area contributed by atoms with Crippen LogP contribution >= 0.6 is 0 Å². The predicted octanol–water partition coefficient (Wildman–Crippen LogP) is 2.51. The van der Waals surface area contributed by atoms with Crippen LogP contribution in [0, 0.1) is 11.7 Å². The number of nitrogens with one attached hydrogen (secondary N) is 2. The van der Waals surface area contributed by atoms with E-state index in [-0.39, 0.29) is 35.8 Å². The summed E-state index contributed by atoms with van der Waals surface area (Å²) in [4.78, 5) is 28.2. The SMILES string of the molecule is CCn1ncnc1[C@H]1CC(=O)Nc2cc(NC(=O)C(C)C)c(F)cc21. The van der Waals surface area contributed by atoms with Gasteiger partial charge in [-0.2, -0.15) is 5.10 Å². The van der Waals surface area contributed by atoms with Gasteiger partial charge >= 0.3 is 0 Å². The molecule has 0 radical (unpaired) electrons. The van der Waals surface area contributed by atoms with Gasteiger partial charge in [-0.3, -0.25) is 9.59 Å². The van der Waals surface area contributed by atoms with Crippen molar-refractivity contribution in [2.24, 2.45) is 5.92 Å². The maximum absolute atomic E-state index is 14.5. The molecule has 2 N–H and O–H groups in total. The molecule has 2 heterocycles. The second-order valence-corrected chi connectivity index (χ2v) is 6.30. The molecule has 25 heavy (non-hydrogen) atoms. The van der Waals surface area contributed by atoms with Gasteiger partial charge in [-0.15, -0.1) is 0 Å². The summed E-state index contributed by atoms with van der Waals surface area (Å²) in [5.74, 6) is -1.05. The number of aromatic nitrogens is 3. The van der Waals surface area contributed by atoms with E-state index in [1.165, 1.54) is 18.5 Å². The van der Waals surface area contributed by atoms with Gasteiger partial charge in [0.25, 0.3) is 0 Å². The van der Waals surface area contributed by atoms with Crippen molar-refractivity contribution in [2.45, 2.75) is 39.7 Å². The van der Waals surface area contributed by atoms with Gasteiger partial charge in [-0.25, -0.2) is 14.1 Å². The van der Waals surface area contributed by atoms with Crippen LogP contribution < -0.4 is 10.6 Å². The van der Waals surface area contributed by atoms with E-state index in [4.69, 9.17) is 0 Å². The van der Waals surface area contributed by atoms with E-state index in [9.17, 15) is 14.0 Å². The van der Waals surface area contributed by atoms with Gasteiger partial charge in [0.05, 0.1) is 11.6 Å². The first kappa shape index (κ1) is 17.1. The van der Waals surface area contributed by atoms with E-state index >= 15 is 0 Å². The maximum Gasteiger partial charge on any atom is 0.227 e. The molecule has 1 aliphatic rings. The average molecular weight is 345 g/mol. The molecule has 3 rings (SSSR count). The minimum absolute atomic E-state index is 0.0513. The Balaban J connectivity index is 2.03. The third-order valence-corrected chi connectivity index (χ3v) is 4.22. The van der Waals surface area contributed by atoms with Crippen molar-refractivity contribution in [3.63, 3.8) is 0 Å². The van der Waals surface area contributed by atoms with Crippen molar-refractivity contribution in [1.29, 1.82) is 0 Å². The summed E-state index contributed by atoms with van der Waals surface area (Å²) in [5.41, 5.74) is 1.16. The molecule has 0 aliphatic carbocycles. The van der Waals surface area contributed by atoms with Crippen LogP contribution in [0.3, 0.4) is 0 Å². The number of halogens is 1. The lowest BCUT2D eigenvalue weighted by Gasteiger charge is -2.26. The van der Waals surface area contributed by atoms with Crippen molar-refractivity contribution >= 4 is 23.2 Å². The number of hydrogen-bond donors (Lipinski definition) is 2. The molecule has 0 spiro atoms. The number of amides is 2. The summed E-state index contributed by atoms with van der Waals surface area (Å²) >= 11 is 0. The molecule has 1 aromatic heterocycles. The van der Waals surface area contributed by atoms with Gasteiger partial charge in [0.2, 0.25) is 11.8 Å². The van der Waals surface area contributed by atoms with Crippen molar-refractivity contribution in [3.05, 3.63) is 35.7 Å². The van der Waals surface area contributed by atoms with Crippen LogP contribution in [0.1, 0.15) is 44.5 Å². The number of rotatable bonds is 4. The lowest BCUT2D eigenvalue weighted by molar-refractivity contribution is -0.119. The molecule has 8 heteroatoms. The zero-order valence-corrected chi connectivity index (χ0v) is 14.3. The number of fused-ring (bicyclic) bond motifs is 1. The molecule has 132 valence electrons. The molecule has 2 aromatic rings. The Labute approximate surface area is 144 Å². The molecule has 0 saturated heterocycles. The quantitative estimate of drug-likeness (QED) is 0.891. The van der Waals surface area contributed by atoms with Gasteiger partial charge in [-0.1, -0.05) is 13.8 Å². The average Bonchev–Trinajstić information content (AvgIpc) is 3.03. The molecule has 1 atom stereocenters. The van der Waals surface area contributed by atoms with E-state index in [0.717, 1.165) is 0 Å². The van der Waals surface area contributed by atoms with Crippen molar-refractivity contribution in [1.82, 2.24) is 14.8 Å². The first-order chi connectivity index (χ1) is 11.9. The van der Waals surface area contributed by atoms with Gasteiger partial charge in [0, 0.05) is 24.6 Å². The van der Waals surface area contributed by atoms with Crippen molar-refractivity contribution in [3.8, 4) is 0 Å². The molecule has 1 aliphatic heterocycles. The van der Waals surface area contributed by atoms with Gasteiger partial charge in [0.1, 0.15) is 18.0 Å². The van der Waals surface area contributed by atoms with Crippen molar-refractivity contribution < 1.29 is 14.0 Å². The van der Waals surface area contributed by atoms with E-state index in [0.29, 0.717) is 23.6 Å². The second-order valence-electron chi connectivity index (χ2n) is 6.30. The fraction of sp³-hybridized carbons (Fsp3) is 0.412. The van der Waals surface area contributed by atoms with Crippen LogP contribution in [0.15, 0.2) is 18.5 Å². The number of nitrogens with zero attached hydrogens (tertiary/aromatic N) is 3. The topological polar surface area (TPSA) is 88.9 Å². The first-order valence-electron chi connectivity index (χ1n) is 8.22. The Morgan fingerprint density at radius 1 is 1.48 bits per heavy atom. The Morgan fingerprint density at radius 2 is 2.24 bits per heavy atom. The molecular formula is C17H20FN5O2. The van der Waals surface area contributed by atoms with E-state index in [1.54, 1.807) is 18.5 Å². The molecule has 0 fully saturated rings. The zero-order valence-electron chi connectivity index (χ0n) is 14.3. The highest BCUT2D eigenvalue weighted by Crippen LogP contribution is 2.38. The molecule has 0 unspecified atom stereocenters. The Kier molecular flexibility index (Phi) is 4.52. The lowest BCUT2D eigenvalue weighted by atomic mass is 9.89. The van der Waals surface area contributed by atoms with E-state index < -0.39 is 5.82 Å². The fourth-order valence-corrected chi connectivity index (χ4v) is 2.87. The molecule has 0 bridgehead atoms. The van der Waals surface area contributed by atoms with E-state index in [2.05, 4.69) is 20.7 Å². The lowest BCUT2D eigenvalue weighted by Crippen LogP contribution is -2.26. The zero-order chi connectivity index (χ0) is 18.1. The number of aryl methyl sites for hydroxylation is 1. The molecule has 1 aromatic carbocycles. The minimum atomic E-state index is -0.545. The number of benzene rings is 1. The summed E-state index contributed by atoms with van der Waals surface area (Å²) in [6, 6.07) is 2.81. The summed E-state index contributed by atoms with van der Waals surface area (Å²) < 4.78 is 16.2. The standard InChI is InChI=1S/C17H20FN5O2/c1-4-23-16(19-8-20-23)11-6-15(24)21-13-7-14(12(18)5-10(11)13)22-17(25)9(2)3/h5,7-9,11H,4,6H2,1-3H3,(H,21,24)(H,22,25)/t11-/m0/s1. The van der Waals surface area contributed by atoms with E-state index in [1.807, 2.05) is 6.92 Å². The largest absolute Gasteiger partial charge is 0.326 e. The highest BCUT2D eigenvalue weighted by Gasteiger charge is 2.31. The van der Waals surface area contributed by atoms with Crippen LogP contribution in [0.2, 0.25) is 0 Å². The summed E-state index contributed by atoms with van der Waals surface area (Å²) in [6.45, 7) is 5.98. The Hall–Kier alpha value is -2.77. The van der Waals surface area contributed by atoms with Crippen LogP contribution in [0.4, 0.5) is 15.8 Å². The predicted molar refractivity (Wildman–Crippen MR) is 90.7 cm³/mol. The molecule has 2 amide bonds. The smallest absolute Gasteiger partial charge is 0.227 e. The molecule has 7 nitrogen and oxygen atoms in total. The summed E-state index contributed by atoms with van der Waals surface area (Å²) in [6.07, 6.45) is 1.60. The highest BCUT2D eigenvalue weighted by atomic mass is 19.1. The summed E-state index contributed by atoms with van der Waals surface area (Å²) in [7, 11) is 0. The van der Waals surface area contributed by atoms with Crippen LogP contribution in [0.5, 0.6) is 0 Å². The van der Waals surface area contributed by atoms with Gasteiger partial charge in [0.15, 0.2) is 0 Å². The maximum atomic E-state index is 14.5.